The van der Waals surface area contributed by atoms with Crippen molar-refractivity contribution < 1.29 is 4.79 Å². The van der Waals surface area contributed by atoms with Crippen LogP contribution in [0, 0.1) is 0 Å². The van der Waals surface area contributed by atoms with Crippen LogP contribution < -0.4 is 5.73 Å². The van der Waals surface area contributed by atoms with E-state index in [1.807, 2.05) is 0 Å². The third kappa shape index (κ3) is 3.59. The zero-order valence-electron chi connectivity index (χ0n) is 8.09. The molecule has 74 valence electrons. The second kappa shape index (κ2) is 5.02. The lowest BCUT2D eigenvalue weighted by molar-refractivity contribution is -0.114. The minimum atomic E-state index is -0.364. The van der Waals surface area contributed by atoms with Gasteiger partial charge in [0.2, 0.25) is 5.91 Å². The molecule has 3 nitrogen and oxygen atoms in total. The summed E-state index contributed by atoms with van der Waals surface area (Å²) in [6.45, 7) is 6.89. The van der Waals surface area contributed by atoms with E-state index in [2.05, 4.69) is 11.5 Å². The lowest BCUT2D eigenvalue weighted by atomic mass is 10.1. The summed E-state index contributed by atoms with van der Waals surface area (Å²) in [6, 6.07) is 0. The topological polar surface area (TPSA) is 46.3 Å². The Kier molecular flexibility index (Phi) is 3.96. The number of hydrogen-bond acceptors (Lipinski definition) is 2. The molecule has 1 heterocycles. The van der Waals surface area contributed by atoms with Gasteiger partial charge in [-0.25, -0.2) is 0 Å². The van der Waals surface area contributed by atoms with Gasteiger partial charge in [0.1, 0.15) is 0 Å². The van der Waals surface area contributed by atoms with Gasteiger partial charge in [-0.15, -0.1) is 0 Å². The largest absolute Gasteiger partial charge is 0.366 e. The van der Waals surface area contributed by atoms with Gasteiger partial charge in [-0.05, 0) is 32.4 Å². The summed E-state index contributed by atoms with van der Waals surface area (Å²) in [5, 5.41) is 0. The number of carbonyl (C=O) groups excluding carboxylic acids is 1. The van der Waals surface area contributed by atoms with Crippen LogP contribution in [-0.4, -0.2) is 30.4 Å². The fraction of sp³-hybridized carbons (Fsp3) is 0.700. The summed E-state index contributed by atoms with van der Waals surface area (Å²) in [5.74, 6) is -0.364. The summed E-state index contributed by atoms with van der Waals surface area (Å²) in [6.07, 6.45) is 4.62. The number of likely N-dealkylation sites (tertiary alicyclic amines) is 1. The molecule has 13 heavy (non-hydrogen) atoms. The Morgan fingerprint density at radius 1 is 1.31 bits per heavy atom. The van der Waals surface area contributed by atoms with Crippen LogP contribution in [0.1, 0.15) is 25.7 Å². The molecule has 0 saturated carbocycles. The van der Waals surface area contributed by atoms with E-state index in [0.29, 0.717) is 5.57 Å². The number of rotatable bonds is 4. The van der Waals surface area contributed by atoms with Crippen LogP contribution in [0.4, 0.5) is 0 Å². The van der Waals surface area contributed by atoms with Gasteiger partial charge in [-0.3, -0.25) is 4.79 Å². The summed E-state index contributed by atoms with van der Waals surface area (Å²) in [7, 11) is 0. The van der Waals surface area contributed by atoms with Crippen LogP contribution in [-0.2, 0) is 4.79 Å². The number of nitrogens with zero attached hydrogens (tertiary/aromatic N) is 1. The van der Waals surface area contributed by atoms with Gasteiger partial charge in [-0.2, -0.15) is 0 Å². The zero-order chi connectivity index (χ0) is 9.68. The summed E-state index contributed by atoms with van der Waals surface area (Å²) < 4.78 is 0. The van der Waals surface area contributed by atoms with Crippen LogP contribution in [0.5, 0.6) is 0 Å². The molecule has 1 rings (SSSR count). The molecule has 1 aliphatic heterocycles. The molecule has 1 fully saturated rings. The maximum absolute atomic E-state index is 10.7. The zero-order valence-corrected chi connectivity index (χ0v) is 8.09. The Hall–Kier alpha value is -0.830. The smallest absolute Gasteiger partial charge is 0.244 e. The quantitative estimate of drug-likeness (QED) is 0.657. The van der Waals surface area contributed by atoms with E-state index < -0.39 is 0 Å². The number of primary amides is 1. The summed E-state index contributed by atoms with van der Waals surface area (Å²) in [5.41, 5.74) is 5.64. The molecule has 1 aliphatic rings. The summed E-state index contributed by atoms with van der Waals surface area (Å²) in [4.78, 5) is 13.0. The third-order valence-electron chi connectivity index (χ3n) is 2.53. The van der Waals surface area contributed by atoms with Crippen molar-refractivity contribution in [1.82, 2.24) is 4.90 Å². The average molecular weight is 182 g/mol. The molecule has 1 amide bonds. The van der Waals surface area contributed by atoms with Gasteiger partial charge < -0.3 is 10.6 Å². The molecule has 0 aromatic carbocycles. The van der Waals surface area contributed by atoms with E-state index in [-0.39, 0.29) is 5.91 Å². The van der Waals surface area contributed by atoms with E-state index in [1.54, 1.807) is 0 Å². The Morgan fingerprint density at radius 2 is 1.92 bits per heavy atom. The van der Waals surface area contributed by atoms with Crippen molar-refractivity contribution in [2.75, 3.05) is 19.6 Å². The molecule has 0 radical (unpaired) electrons. The van der Waals surface area contributed by atoms with Crippen molar-refractivity contribution in [2.45, 2.75) is 25.7 Å². The fourth-order valence-electron chi connectivity index (χ4n) is 1.60. The average Bonchev–Trinajstić information content (AvgIpc) is 2.15. The van der Waals surface area contributed by atoms with Crippen LogP contribution in [0.15, 0.2) is 12.2 Å². The molecular formula is C10H18N2O. The fourth-order valence-corrected chi connectivity index (χ4v) is 1.60. The van der Waals surface area contributed by atoms with Gasteiger partial charge in [0.15, 0.2) is 0 Å². The van der Waals surface area contributed by atoms with E-state index in [4.69, 9.17) is 5.73 Å². The minimum absolute atomic E-state index is 0.364. The lowest BCUT2D eigenvalue weighted by Crippen LogP contribution is -2.31. The predicted octanol–water partition coefficient (Wildman–Crippen LogP) is 0.904. The molecule has 0 atom stereocenters. The van der Waals surface area contributed by atoms with E-state index >= 15 is 0 Å². The Morgan fingerprint density at radius 3 is 2.46 bits per heavy atom. The predicted molar refractivity (Wildman–Crippen MR) is 53.2 cm³/mol. The molecule has 0 aliphatic carbocycles. The van der Waals surface area contributed by atoms with E-state index in [9.17, 15) is 4.79 Å². The molecule has 0 unspecified atom stereocenters. The van der Waals surface area contributed by atoms with Gasteiger partial charge in [-0.1, -0.05) is 13.0 Å². The first-order chi connectivity index (χ1) is 6.20. The Balaban J connectivity index is 2.17. The SMILES string of the molecule is C=C(CCN1CCCCC1)C(N)=O. The highest BCUT2D eigenvalue weighted by atomic mass is 16.1. The molecule has 0 aromatic rings. The lowest BCUT2D eigenvalue weighted by Gasteiger charge is -2.26. The van der Waals surface area contributed by atoms with Gasteiger partial charge in [0.25, 0.3) is 0 Å². The van der Waals surface area contributed by atoms with Crippen LogP contribution in [0.3, 0.4) is 0 Å². The normalized spacial score (nSPS) is 18.5. The third-order valence-corrected chi connectivity index (χ3v) is 2.53. The van der Waals surface area contributed by atoms with Crippen molar-refractivity contribution in [3.8, 4) is 0 Å². The monoisotopic (exact) mass is 182 g/mol. The second-order valence-corrected chi connectivity index (χ2v) is 3.62. The van der Waals surface area contributed by atoms with Gasteiger partial charge >= 0.3 is 0 Å². The number of piperidine rings is 1. The Bertz CT molecular complexity index is 195. The highest BCUT2D eigenvalue weighted by molar-refractivity contribution is 5.91. The maximum atomic E-state index is 10.7. The highest BCUT2D eigenvalue weighted by Crippen LogP contribution is 2.10. The van der Waals surface area contributed by atoms with Gasteiger partial charge in [0.05, 0.1) is 0 Å². The van der Waals surface area contributed by atoms with E-state index in [0.717, 1.165) is 26.1 Å². The minimum Gasteiger partial charge on any atom is -0.366 e. The first-order valence-corrected chi connectivity index (χ1v) is 4.90. The molecule has 0 bridgehead atoms. The van der Waals surface area contributed by atoms with Crippen molar-refractivity contribution in [2.24, 2.45) is 5.73 Å². The van der Waals surface area contributed by atoms with Crippen molar-refractivity contribution >= 4 is 5.91 Å². The first kappa shape index (κ1) is 10.3. The van der Waals surface area contributed by atoms with E-state index in [1.165, 1.54) is 19.3 Å². The Labute approximate surface area is 79.6 Å². The highest BCUT2D eigenvalue weighted by Gasteiger charge is 2.10. The second-order valence-electron chi connectivity index (χ2n) is 3.62. The van der Waals surface area contributed by atoms with Gasteiger partial charge in [0, 0.05) is 12.1 Å². The molecule has 2 N–H and O–H groups in total. The van der Waals surface area contributed by atoms with Crippen molar-refractivity contribution in [3.63, 3.8) is 0 Å². The number of hydrogen-bond donors (Lipinski definition) is 1. The van der Waals surface area contributed by atoms with Crippen LogP contribution in [0.25, 0.3) is 0 Å². The van der Waals surface area contributed by atoms with Crippen molar-refractivity contribution in [1.29, 1.82) is 0 Å². The summed E-state index contributed by atoms with van der Waals surface area (Å²) >= 11 is 0. The number of amides is 1. The maximum Gasteiger partial charge on any atom is 0.244 e. The standard InChI is InChI=1S/C10H18N2O/c1-9(10(11)13)5-8-12-6-3-2-4-7-12/h1-8H2,(H2,11,13). The van der Waals surface area contributed by atoms with Crippen molar-refractivity contribution in [3.05, 3.63) is 12.2 Å². The molecule has 1 saturated heterocycles. The first-order valence-electron chi connectivity index (χ1n) is 4.90. The molecule has 3 heteroatoms. The molecular weight excluding hydrogens is 164 g/mol. The molecule has 0 spiro atoms. The number of nitrogens with two attached hydrogens (primary N) is 1. The van der Waals surface area contributed by atoms with Crippen LogP contribution in [0.2, 0.25) is 0 Å². The molecule has 0 aromatic heterocycles. The van der Waals surface area contributed by atoms with Crippen LogP contribution >= 0.6 is 0 Å². The number of carbonyl (C=O) groups is 1.